The highest BCUT2D eigenvalue weighted by atomic mass is 35.5. The lowest BCUT2D eigenvalue weighted by molar-refractivity contribution is 0.0696. The van der Waals surface area contributed by atoms with Crippen molar-refractivity contribution in [2.75, 3.05) is 0 Å². The van der Waals surface area contributed by atoms with Crippen LogP contribution in [0.4, 0.5) is 4.39 Å². The number of halogens is 2. The quantitative estimate of drug-likeness (QED) is 0.904. The van der Waals surface area contributed by atoms with Gasteiger partial charge in [-0.2, -0.15) is 0 Å². The maximum Gasteiger partial charge on any atom is 0.337 e. The molecule has 18 heavy (non-hydrogen) atoms. The topological polar surface area (TPSA) is 42.2 Å². The van der Waals surface area contributed by atoms with Gasteiger partial charge in [0.25, 0.3) is 0 Å². The van der Waals surface area contributed by atoms with Crippen molar-refractivity contribution in [2.45, 2.75) is 13.8 Å². The minimum Gasteiger partial charge on any atom is -0.478 e. The SMILES string of the molecule is Cc1cc(C(=O)O)c(C)n1-c1c(F)cccc1Cl. The number of hydrogen-bond acceptors (Lipinski definition) is 1. The fraction of sp³-hybridized carbons (Fsp3) is 0.154. The molecule has 0 saturated heterocycles. The van der Waals surface area contributed by atoms with Gasteiger partial charge in [0.1, 0.15) is 11.5 Å². The van der Waals surface area contributed by atoms with Crippen LogP contribution in [0, 0.1) is 19.7 Å². The van der Waals surface area contributed by atoms with Crippen LogP contribution in [-0.2, 0) is 0 Å². The summed E-state index contributed by atoms with van der Waals surface area (Å²) in [6.07, 6.45) is 0. The Morgan fingerprint density at radius 1 is 1.39 bits per heavy atom. The molecule has 0 radical (unpaired) electrons. The van der Waals surface area contributed by atoms with E-state index >= 15 is 0 Å². The first-order valence-corrected chi connectivity index (χ1v) is 5.68. The zero-order valence-corrected chi connectivity index (χ0v) is 10.6. The molecule has 94 valence electrons. The third-order valence-electron chi connectivity index (χ3n) is 2.82. The number of carbonyl (C=O) groups is 1. The minimum atomic E-state index is -1.04. The molecule has 1 aromatic carbocycles. The fourth-order valence-electron chi connectivity index (χ4n) is 2.03. The molecule has 1 aromatic heterocycles. The van der Waals surface area contributed by atoms with Gasteiger partial charge < -0.3 is 9.67 Å². The Morgan fingerprint density at radius 2 is 2.06 bits per heavy atom. The molecule has 0 saturated carbocycles. The van der Waals surface area contributed by atoms with Crippen molar-refractivity contribution < 1.29 is 14.3 Å². The predicted octanol–water partition coefficient (Wildman–Crippen LogP) is 3.58. The van der Waals surface area contributed by atoms with E-state index in [0.717, 1.165) is 0 Å². The molecule has 1 N–H and O–H groups in total. The molecular formula is C13H11ClFNO2. The van der Waals surface area contributed by atoms with E-state index in [4.69, 9.17) is 16.7 Å². The molecule has 0 aliphatic heterocycles. The summed E-state index contributed by atoms with van der Waals surface area (Å²) in [5.74, 6) is -1.52. The van der Waals surface area contributed by atoms with Gasteiger partial charge in [-0.05, 0) is 32.0 Å². The Hall–Kier alpha value is -1.81. The summed E-state index contributed by atoms with van der Waals surface area (Å²) in [7, 11) is 0. The Morgan fingerprint density at radius 3 is 2.56 bits per heavy atom. The van der Waals surface area contributed by atoms with Gasteiger partial charge in [0.15, 0.2) is 0 Å². The van der Waals surface area contributed by atoms with Crippen molar-refractivity contribution in [1.82, 2.24) is 4.57 Å². The lowest BCUT2D eigenvalue weighted by atomic mass is 10.2. The van der Waals surface area contributed by atoms with Crippen molar-refractivity contribution in [3.05, 3.63) is 52.1 Å². The summed E-state index contributed by atoms with van der Waals surface area (Å²) in [5.41, 5.74) is 1.40. The van der Waals surface area contributed by atoms with Crippen LogP contribution in [-0.4, -0.2) is 15.6 Å². The van der Waals surface area contributed by atoms with Gasteiger partial charge in [-0.3, -0.25) is 0 Å². The fourth-order valence-corrected chi connectivity index (χ4v) is 2.27. The molecule has 0 fully saturated rings. The van der Waals surface area contributed by atoms with E-state index in [1.54, 1.807) is 19.9 Å². The first kappa shape index (κ1) is 12.6. The van der Waals surface area contributed by atoms with Crippen LogP contribution in [0.25, 0.3) is 5.69 Å². The van der Waals surface area contributed by atoms with E-state index in [9.17, 15) is 9.18 Å². The van der Waals surface area contributed by atoms with E-state index in [2.05, 4.69) is 0 Å². The van der Waals surface area contributed by atoms with Crippen molar-refractivity contribution in [3.8, 4) is 5.69 Å². The van der Waals surface area contributed by atoms with E-state index in [0.29, 0.717) is 11.4 Å². The van der Waals surface area contributed by atoms with Crippen LogP contribution in [0.1, 0.15) is 21.7 Å². The molecule has 0 aliphatic rings. The van der Waals surface area contributed by atoms with Crippen molar-refractivity contribution in [2.24, 2.45) is 0 Å². The molecule has 0 unspecified atom stereocenters. The number of carboxylic acids is 1. The summed E-state index contributed by atoms with van der Waals surface area (Å²) in [5, 5.41) is 9.29. The minimum absolute atomic E-state index is 0.145. The number of aromatic carboxylic acids is 1. The average Bonchev–Trinajstić information content (AvgIpc) is 2.56. The molecule has 0 spiro atoms. The summed E-state index contributed by atoms with van der Waals surface area (Å²) < 4.78 is 15.4. The highest BCUT2D eigenvalue weighted by Crippen LogP contribution is 2.28. The van der Waals surface area contributed by atoms with E-state index < -0.39 is 11.8 Å². The number of hydrogen-bond donors (Lipinski definition) is 1. The summed E-state index contributed by atoms with van der Waals surface area (Å²) >= 11 is 5.99. The lowest BCUT2D eigenvalue weighted by Crippen LogP contribution is -2.05. The van der Waals surface area contributed by atoms with Gasteiger partial charge in [-0.15, -0.1) is 0 Å². The molecule has 0 aliphatic carbocycles. The van der Waals surface area contributed by atoms with E-state index in [1.165, 1.54) is 22.8 Å². The van der Waals surface area contributed by atoms with Gasteiger partial charge in [-0.25, -0.2) is 9.18 Å². The van der Waals surface area contributed by atoms with Crippen molar-refractivity contribution >= 4 is 17.6 Å². The highest BCUT2D eigenvalue weighted by molar-refractivity contribution is 6.32. The maximum atomic E-state index is 13.9. The number of aromatic nitrogens is 1. The van der Waals surface area contributed by atoms with Gasteiger partial charge in [0, 0.05) is 11.4 Å². The molecule has 0 bridgehead atoms. The average molecular weight is 268 g/mol. The predicted molar refractivity (Wildman–Crippen MR) is 67.2 cm³/mol. The van der Waals surface area contributed by atoms with Gasteiger partial charge >= 0.3 is 5.97 Å². The Kier molecular flexibility index (Phi) is 3.13. The molecule has 0 atom stereocenters. The second kappa shape index (κ2) is 4.46. The molecule has 2 aromatic rings. The van der Waals surface area contributed by atoms with Crippen LogP contribution in [0.2, 0.25) is 5.02 Å². The van der Waals surface area contributed by atoms with Crippen molar-refractivity contribution in [3.63, 3.8) is 0 Å². The smallest absolute Gasteiger partial charge is 0.337 e. The molecular weight excluding hydrogens is 257 g/mol. The third kappa shape index (κ3) is 1.88. The second-order valence-corrected chi connectivity index (χ2v) is 4.40. The Balaban J connectivity index is 2.76. The van der Waals surface area contributed by atoms with Gasteiger partial charge in [0.05, 0.1) is 10.6 Å². The summed E-state index contributed by atoms with van der Waals surface area (Å²) in [6, 6.07) is 5.87. The van der Waals surface area contributed by atoms with Crippen LogP contribution < -0.4 is 0 Å². The second-order valence-electron chi connectivity index (χ2n) is 4.00. The van der Waals surface area contributed by atoms with Crippen LogP contribution in [0.3, 0.4) is 0 Å². The van der Waals surface area contributed by atoms with Gasteiger partial charge in [-0.1, -0.05) is 17.7 Å². The standard InChI is InChI=1S/C13H11ClFNO2/c1-7-6-9(13(17)18)8(2)16(7)12-10(14)4-3-5-11(12)15/h3-6H,1-2H3,(H,17,18). The summed E-state index contributed by atoms with van der Waals surface area (Å²) in [6.45, 7) is 3.33. The van der Waals surface area contributed by atoms with Crippen LogP contribution >= 0.6 is 11.6 Å². The molecule has 1 heterocycles. The largest absolute Gasteiger partial charge is 0.478 e. The van der Waals surface area contributed by atoms with Gasteiger partial charge in [0.2, 0.25) is 0 Å². The van der Waals surface area contributed by atoms with E-state index in [1.807, 2.05) is 0 Å². The zero-order chi connectivity index (χ0) is 13.4. The van der Waals surface area contributed by atoms with Crippen LogP contribution in [0.5, 0.6) is 0 Å². The normalized spacial score (nSPS) is 10.7. The number of aryl methyl sites for hydroxylation is 1. The Labute approximate surface area is 108 Å². The number of benzene rings is 1. The number of carboxylic acid groups (broad SMARTS) is 1. The first-order valence-electron chi connectivity index (χ1n) is 5.30. The van der Waals surface area contributed by atoms with Crippen molar-refractivity contribution in [1.29, 1.82) is 0 Å². The number of para-hydroxylation sites is 1. The highest BCUT2D eigenvalue weighted by Gasteiger charge is 2.19. The third-order valence-corrected chi connectivity index (χ3v) is 3.13. The number of nitrogens with zero attached hydrogens (tertiary/aromatic N) is 1. The summed E-state index contributed by atoms with van der Waals surface area (Å²) in [4.78, 5) is 11.0. The number of rotatable bonds is 2. The zero-order valence-electron chi connectivity index (χ0n) is 9.87. The lowest BCUT2D eigenvalue weighted by Gasteiger charge is -2.12. The molecule has 2 rings (SSSR count). The first-order chi connectivity index (χ1) is 8.43. The molecule has 0 amide bonds. The monoisotopic (exact) mass is 267 g/mol. The van der Waals surface area contributed by atoms with Crippen LogP contribution in [0.15, 0.2) is 24.3 Å². The molecule has 5 heteroatoms. The maximum absolute atomic E-state index is 13.9. The Bertz CT molecular complexity index is 614. The van der Waals surface area contributed by atoms with E-state index in [-0.39, 0.29) is 16.3 Å². The molecule has 3 nitrogen and oxygen atoms in total.